The zero-order chi connectivity index (χ0) is 43.8. The molecular formula is C47H61N5O6S. The first-order valence-corrected chi connectivity index (χ1v) is 21.7. The van der Waals surface area contributed by atoms with Crippen molar-refractivity contribution in [1.82, 2.24) is 19.9 Å². The van der Waals surface area contributed by atoms with Crippen LogP contribution in [0.4, 0.5) is 5.13 Å². The summed E-state index contributed by atoms with van der Waals surface area (Å²) in [5, 5.41) is 1.78. The zero-order valence-electron chi connectivity index (χ0n) is 36.8. The van der Waals surface area contributed by atoms with Crippen LogP contribution in [-0.4, -0.2) is 68.4 Å². The number of hydrazine groups is 1. The second-order valence-electron chi connectivity index (χ2n) is 16.0. The number of anilines is 1. The van der Waals surface area contributed by atoms with Gasteiger partial charge in [-0.15, -0.1) is 0 Å². The van der Waals surface area contributed by atoms with E-state index >= 15 is 0 Å². The van der Waals surface area contributed by atoms with E-state index in [4.69, 9.17) is 4.98 Å². The Labute approximate surface area is 354 Å². The largest absolute Gasteiger partial charge is 0.348 e. The summed E-state index contributed by atoms with van der Waals surface area (Å²) in [7, 11) is 0. The van der Waals surface area contributed by atoms with E-state index in [2.05, 4.69) is 51.7 Å². The van der Waals surface area contributed by atoms with E-state index < -0.39 is 46.4 Å². The first kappa shape index (κ1) is 46.5. The van der Waals surface area contributed by atoms with Crippen LogP contribution in [0.25, 0.3) is 17.3 Å². The van der Waals surface area contributed by atoms with Gasteiger partial charge in [-0.3, -0.25) is 33.7 Å². The Morgan fingerprint density at radius 1 is 0.797 bits per heavy atom. The van der Waals surface area contributed by atoms with Crippen LogP contribution in [0.1, 0.15) is 129 Å². The molecule has 0 N–H and O–H groups in total. The van der Waals surface area contributed by atoms with Crippen molar-refractivity contribution in [1.29, 1.82) is 0 Å². The Hall–Kier alpha value is -5.23. The predicted octanol–water partition coefficient (Wildman–Crippen LogP) is 8.88. The zero-order valence-corrected chi connectivity index (χ0v) is 37.6. The van der Waals surface area contributed by atoms with Gasteiger partial charge in [-0.2, -0.15) is 10.0 Å². The molecule has 0 spiro atoms. The second-order valence-corrected chi connectivity index (χ2v) is 17.0. The Bertz CT molecular complexity index is 2110. The van der Waals surface area contributed by atoms with Crippen LogP contribution in [0.15, 0.2) is 59.2 Å². The molecule has 4 rings (SSSR count). The normalized spacial score (nSPS) is 13.9. The standard InChI is InChI=1S/C47H61N5O6S/c1-12-17-24-49(25-18-13-2)46-48-41(40-35(15-4)26-33(14-3)27-36(40)16-5)38(59-46)28-37-30(6)39(43(56)50(31(7)53)29-34-22-20-19-21-23-34)44(57)52(42(37)55)51(32(8)54)45(58)47(9,10)11/h19-23,26-28H,12-18,24-25,29H2,1-11H3/b37-28-. The van der Waals surface area contributed by atoms with Crippen molar-refractivity contribution in [3.05, 3.63) is 86.3 Å². The minimum absolute atomic E-state index is 0.0229. The van der Waals surface area contributed by atoms with Crippen LogP contribution < -0.4 is 4.90 Å². The molecule has 12 heteroatoms. The van der Waals surface area contributed by atoms with Gasteiger partial charge in [0, 0.05) is 43.5 Å². The van der Waals surface area contributed by atoms with Gasteiger partial charge in [0.1, 0.15) is 5.57 Å². The van der Waals surface area contributed by atoms with Crippen molar-refractivity contribution in [2.45, 2.75) is 128 Å². The topological polar surface area (TPSA) is 128 Å². The second kappa shape index (κ2) is 20.2. The van der Waals surface area contributed by atoms with Crippen molar-refractivity contribution in [3.63, 3.8) is 0 Å². The van der Waals surface area contributed by atoms with Gasteiger partial charge >= 0.3 is 0 Å². The van der Waals surface area contributed by atoms with E-state index in [1.807, 2.05) is 0 Å². The summed E-state index contributed by atoms with van der Waals surface area (Å²) in [5.74, 6) is -5.40. The number of carbonyl (C=O) groups is 6. The molecule has 6 amide bonds. The number of hydrogen-bond donors (Lipinski definition) is 0. The summed E-state index contributed by atoms with van der Waals surface area (Å²) >= 11 is 1.42. The van der Waals surface area contributed by atoms with Gasteiger partial charge in [-0.1, -0.05) is 122 Å². The average molecular weight is 824 g/mol. The highest BCUT2D eigenvalue weighted by atomic mass is 32.1. The van der Waals surface area contributed by atoms with Crippen LogP contribution in [-0.2, 0) is 54.6 Å². The van der Waals surface area contributed by atoms with Crippen LogP contribution in [0, 0.1) is 5.41 Å². The lowest BCUT2D eigenvalue weighted by atomic mass is 9.90. The summed E-state index contributed by atoms with van der Waals surface area (Å²) in [4.78, 5) is 93.9. The molecule has 3 aromatic rings. The smallest absolute Gasteiger partial charge is 0.286 e. The fourth-order valence-corrected chi connectivity index (χ4v) is 8.13. The quantitative estimate of drug-likeness (QED) is 0.0797. The average Bonchev–Trinajstić information content (AvgIpc) is 3.61. The highest BCUT2D eigenvalue weighted by Crippen LogP contribution is 2.41. The number of benzene rings is 2. The van der Waals surface area contributed by atoms with Crippen molar-refractivity contribution in [2.24, 2.45) is 5.41 Å². The third kappa shape index (κ3) is 10.3. The predicted molar refractivity (Wildman–Crippen MR) is 235 cm³/mol. The molecule has 1 aromatic heterocycles. The summed E-state index contributed by atoms with van der Waals surface area (Å²) in [6.45, 7) is 20.6. The van der Waals surface area contributed by atoms with Gasteiger partial charge in [0.15, 0.2) is 5.13 Å². The molecule has 1 aliphatic heterocycles. The maximum atomic E-state index is 14.9. The van der Waals surface area contributed by atoms with Gasteiger partial charge in [0.25, 0.3) is 23.6 Å². The lowest BCUT2D eigenvalue weighted by molar-refractivity contribution is -0.180. The minimum Gasteiger partial charge on any atom is -0.348 e. The van der Waals surface area contributed by atoms with Gasteiger partial charge < -0.3 is 4.90 Å². The molecule has 0 fully saturated rings. The van der Waals surface area contributed by atoms with Crippen molar-refractivity contribution >= 4 is 58.0 Å². The van der Waals surface area contributed by atoms with Gasteiger partial charge in [-0.05, 0) is 72.9 Å². The lowest BCUT2D eigenvalue weighted by Gasteiger charge is -2.38. The van der Waals surface area contributed by atoms with E-state index in [0.29, 0.717) is 26.2 Å². The summed E-state index contributed by atoms with van der Waals surface area (Å²) in [6.07, 6.45) is 7.88. The number of amides is 6. The van der Waals surface area contributed by atoms with E-state index in [0.717, 1.165) is 91.7 Å². The molecule has 11 nitrogen and oxygen atoms in total. The van der Waals surface area contributed by atoms with Gasteiger partial charge in [0.2, 0.25) is 11.8 Å². The number of thiazole rings is 1. The van der Waals surface area contributed by atoms with E-state index in [1.165, 1.54) is 30.7 Å². The molecule has 2 aromatic carbocycles. The number of nitrogens with zero attached hydrogens (tertiary/aromatic N) is 5. The molecule has 0 bridgehead atoms. The summed E-state index contributed by atoms with van der Waals surface area (Å²) < 4.78 is 0. The Balaban J connectivity index is 2.12. The molecule has 316 valence electrons. The summed E-state index contributed by atoms with van der Waals surface area (Å²) in [6, 6.07) is 13.3. The Morgan fingerprint density at radius 2 is 1.37 bits per heavy atom. The van der Waals surface area contributed by atoms with Crippen molar-refractivity contribution in [2.75, 3.05) is 18.0 Å². The molecule has 0 saturated heterocycles. The van der Waals surface area contributed by atoms with E-state index in [-0.39, 0.29) is 17.7 Å². The van der Waals surface area contributed by atoms with Crippen LogP contribution in [0.2, 0.25) is 0 Å². The fraction of sp³-hybridized carbons (Fsp3) is 0.468. The first-order valence-electron chi connectivity index (χ1n) is 20.9. The Kier molecular flexibility index (Phi) is 15.9. The maximum Gasteiger partial charge on any atom is 0.286 e. The first-order chi connectivity index (χ1) is 27.9. The molecule has 2 heterocycles. The molecule has 59 heavy (non-hydrogen) atoms. The summed E-state index contributed by atoms with van der Waals surface area (Å²) in [5.41, 5.74) is 3.97. The molecule has 1 aliphatic rings. The number of hydrogen-bond acceptors (Lipinski definition) is 9. The molecule has 0 saturated carbocycles. The number of unbranched alkanes of at least 4 members (excludes halogenated alkanes) is 2. The van der Waals surface area contributed by atoms with E-state index in [1.54, 1.807) is 57.2 Å². The van der Waals surface area contributed by atoms with Crippen LogP contribution in [0.3, 0.4) is 0 Å². The monoisotopic (exact) mass is 823 g/mol. The maximum absolute atomic E-state index is 14.9. The van der Waals surface area contributed by atoms with E-state index in [9.17, 15) is 28.8 Å². The lowest BCUT2D eigenvalue weighted by Crippen LogP contribution is -2.60. The molecular weight excluding hydrogens is 763 g/mol. The van der Waals surface area contributed by atoms with Crippen LogP contribution in [0.5, 0.6) is 0 Å². The van der Waals surface area contributed by atoms with Crippen molar-refractivity contribution < 1.29 is 28.8 Å². The molecule has 0 unspecified atom stereocenters. The SMILES string of the molecule is CCCCN(CCCC)c1nc(-c2c(CC)cc(CC)cc2CC)c(/C=C2\C(=O)N(N(C(C)=O)C(=O)C(C)(C)C)C(=O)C(C(=O)N(Cc3ccccc3)C(C)=O)=C2C)s1. The number of carbonyl (C=O) groups excluding carboxylic acids is 6. The highest BCUT2D eigenvalue weighted by molar-refractivity contribution is 7.17. The highest BCUT2D eigenvalue weighted by Gasteiger charge is 2.48. The van der Waals surface area contributed by atoms with Crippen LogP contribution >= 0.6 is 11.3 Å². The third-order valence-electron chi connectivity index (χ3n) is 10.5. The Morgan fingerprint density at radius 3 is 1.85 bits per heavy atom. The molecule has 0 aliphatic carbocycles. The number of aromatic nitrogens is 1. The van der Waals surface area contributed by atoms with Crippen molar-refractivity contribution in [3.8, 4) is 11.3 Å². The number of rotatable bonds is 16. The fourth-order valence-electron chi connectivity index (χ4n) is 7.06. The number of imide groups is 3. The number of aryl methyl sites for hydroxylation is 3. The molecule has 0 atom stereocenters. The third-order valence-corrected chi connectivity index (χ3v) is 11.5. The van der Waals surface area contributed by atoms with Gasteiger partial charge in [-0.25, -0.2) is 4.98 Å². The van der Waals surface area contributed by atoms with Gasteiger partial charge in [0.05, 0.1) is 17.1 Å². The minimum atomic E-state index is -1.20. The molecule has 0 radical (unpaired) electrons.